The zero-order valence-corrected chi connectivity index (χ0v) is 21.4. The quantitative estimate of drug-likeness (QED) is 0.393. The molecule has 1 unspecified atom stereocenters. The van der Waals surface area contributed by atoms with Gasteiger partial charge in [-0.05, 0) is 49.1 Å². The lowest BCUT2D eigenvalue weighted by molar-refractivity contribution is -0.143. The second kappa shape index (κ2) is 13.0. The fourth-order valence-corrected chi connectivity index (χ4v) is 4.84. The van der Waals surface area contributed by atoms with Crippen LogP contribution in [-0.4, -0.2) is 35.4 Å². The number of hydrogen-bond acceptors (Lipinski definition) is 3. The van der Waals surface area contributed by atoms with Gasteiger partial charge in [0.05, 0.1) is 0 Å². The lowest BCUT2D eigenvalue weighted by Gasteiger charge is -2.33. The van der Waals surface area contributed by atoms with Crippen molar-refractivity contribution in [2.24, 2.45) is 0 Å². The SMILES string of the molecule is Cc1cccc(OCC(=O)N(Cc2ccccc2F)C(Cc2ccccc2)C(=O)NC2CCCCC2)c1. The fourth-order valence-electron chi connectivity index (χ4n) is 4.84. The van der Waals surface area contributed by atoms with Gasteiger partial charge in [-0.2, -0.15) is 0 Å². The van der Waals surface area contributed by atoms with E-state index >= 15 is 0 Å². The molecule has 1 fully saturated rings. The maximum Gasteiger partial charge on any atom is 0.261 e. The number of ether oxygens (including phenoxy) is 1. The highest BCUT2D eigenvalue weighted by molar-refractivity contribution is 5.88. The molecule has 2 amide bonds. The van der Waals surface area contributed by atoms with E-state index in [4.69, 9.17) is 4.74 Å². The van der Waals surface area contributed by atoms with Crippen LogP contribution in [0.15, 0.2) is 78.9 Å². The summed E-state index contributed by atoms with van der Waals surface area (Å²) in [5.74, 6) is -0.419. The van der Waals surface area contributed by atoms with Gasteiger partial charge in [0, 0.05) is 24.6 Å². The minimum Gasteiger partial charge on any atom is -0.484 e. The van der Waals surface area contributed by atoms with Gasteiger partial charge in [0.15, 0.2) is 6.61 Å². The maximum absolute atomic E-state index is 14.7. The molecule has 5 nitrogen and oxygen atoms in total. The minimum atomic E-state index is -0.808. The van der Waals surface area contributed by atoms with Crippen molar-refractivity contribution in [3.63, 3.8) is 0 Å². The molecule has 0 heterocycles. The molecule has 194 valence electrons. The third-order valence-electron chi connectivity index (χ3n) is 6.87. The van der Waals surface area contributed by atoms with Crippen LogP contribution in [0.5, 0.6) is 5.75 Å². The lowest BCUT2D eigenvalue weighted by atomic mass is 9.94. The van der Waals surface area contributed by atoms with Gasteiger partial charge in [-0.15, -0.1) is 0 Å². The zero-order chi connectivity index (χ0) is 26.0. The monoisotopic (exact) mass is 502 g/mol. The van der Waals surface area contributed by atoms with E-state index in [1.165, 1.54) is 17.4 Å². The molecule has 0 spiro atoms. The molecule has 1 aliphatic carbocycles. The Morgan fingerprint density at radius 2 is 1.70 bits per heavy atom. The van der Waals surface area contributed by atoms with Crippen LogP contribution < -0.4 is 10.1 Å². The highest BCUT2D eigenvalue weighted by atomic mass is 19.1. The second-order valence-electron chi connectivity index (χ2n) is 9.77. The molecule has 3 aromatic carbocycles. The van der Waals surface area contributed by atoms with E-state index in [2.05, 4.69) is 5.32 Å². The number of benzene rings is 3. The number of carbonyl (C=O) groups is 2. The van der Waals surface area contributed by atoms with Crippen LogP contribution in [0.1, 0.15) is 48.8 Å². The van der Waals surface area contributed by atoms with Gasteiger partial charge in [-0.1, -0.05) is 79.9 Å². The Morgan fingerprint density at radius 3 is 2.43 bits per heavy atom. The Balaban J connectivity index is 1.62. The maximum atomic E-state index is 14.7. The highest BCUT2D eigenvalue weighted by Gasteiger charge is 2.32. The van der Waals surface area contributed by atoms with Crippen LogP contribution in [0, 0.1) is 12.7 Å². The summed E-state index contributed by atoms with van der Waals surface area (Å²) in [6.07, 6.45) is 5.52. The summed E-state index contributed by atoms with van der Waals surface area (Å²) in [7, 11) is 0. The second-order valence-corrected chi connectivity index (χ2v) is 9.77. The Hall–Kier alpha value is -3.67. The molecule has 37 heavy (non-hydrogen) atoms. The Kier molecular flexibility index (Phi) is 9.30. The first-order chi connectivity index (χ1) is 18.0. The number of nitrogens with one attached hydrogen (secondary N) is 1. The van der Waals surface area contributed by atoms with Gasteiger partial charge in [-0.25, -0.2) is 4.39 Å². The van der Waals surface area contributed by atoms with E-state index in [0.29, 0.717) is 17.7 Å². The van der Waals surface area contributed by atoms with E-state index in [1.54, 1.807) is 24.3 Å². The number of nitrogens with zero attached hydrogens (tertiary/aromatic N) is 1. The van der Waals surface area contributed by atoms with E-state index in [-0.39, 0.29) is 31.0 Å². The predicted molar refractivity (Wildman–Crippen MR) is 143 cm³/mol. The molecule has 1 aliphatic rings. The number of amides is 2. The average molecular weight is 503 g/mol. The fraction of sp³-hybridized carbons (Fsp3) is 0.355. The Bertz CT molecular complexity index is 1180. The van der Waals surface area contributed by atoms with Gasteiger partial charge in [0.1, 0.15) is 17.6 Å². The summed E-state index contributed by atoms with van der Waals surface area (Å²) < 4.78 is 20.5. The minimum absolute atomic E-state index is 0.0295. The summed E-state index contributed by atoms with van der Waals surface area (Å²) in [6, 6.07) is 22.7. The molecule has 0 aromatic heterocycles. The van der Waals surface area contributed by atoms with Crippen molar-refractivity contribution in [1.82, 2.24) is 10.2 Å². The van der Waals surface area contributed by atoms with Crippen LogP contribution in [0.3, 0.4) is 0 Å². The third-order valence-corrected chi connectivity index (χ3v) is 6.87. The highest BCUT2D eigenvalue weighted by Crippen LogP contribution is 2.21. The normalized spacial score (nSPS) is 14.5. The van der Waals surface area contributed by atoms with Crippen molar-refractivity contribution in [3.8, 4) is 5.75 Å². The van der Waals surface area contributed by atoms with Crippen molar-refractivity contribution >= 4 is 11.8 Å². The van der Waals surface area contributed by atoms with E-state index < -0.39 is 11.9 Å². The molecule has 1 atom stereocenters. The van der Waals surface area contributed by atoms with Crippen molar-refractivity contribution in [1.29, 1.82) is 0 Å². The molecule has 0 radical (unpaired) electrons. The Morgan fingerprint density at radius 1 is 0.973 bits per heavy atom. The van der Waals surface area contributed by atoms with Crippen LogP contribution in [0.25, 0.3) is 0 Å². The summed E-state index contributed by atoms with van der Waals surface area (Å²) in [6.45, 7) is 1.67. The molecule has 1 saturated carbocycles. The van der Waals surface area contributed by atoms with E-state index in [0.717, 1.165) is 36.8 Å². The van der Waals surface area contributed by atoms with E-state index in [9.17, 15) is 14.0 Å². The van der Waals surface area contributed by atoms with Crippen molar-refractivity contribution in [2.45, 2.75) is 64.1 Å². The van der Waals surface area contributed by atoms with Crippen molar-refractivity contribution in [2.75, 3.05) is 6.61 Å². The molecule has 0 saturated heterocycles. The topological polar surface area (TPSA) is 58.6 Å². The third kappa shape index (κ3) is 7.66. The summed E-state index contributed by atoms with van der Waals surface area (Å²) in [5, 5.41) is 3.19. The predicted octanol–water partition coefficient (Wildman–Crippen LogP) is 5.60. The first kappa shape index (κ1) is 26.4. The molecule has 3 aromatic rings. The summed E-state index contributed by atoms with van der Waals surface area (Å²) in [4.78, 5) is 28.8. The largest absolute Gasteiger partial charge is 0.484 e. The number of carbonyl (C=O) groups excluding carboxylic acids is 2. The average Bonchev–Trinajstić information content (AvgIpc) is 2.91. The van der Waals surface area contributed by atoms with Gasteiger partial charge in [0.2, 0.25) is 5.91 Å². The molecule has 1 N–H and O–H groups in total. The van der Waals surface area contributed by atoms with Crippen LogP contribution >= 0.6 is 0 Å². The smallest absolute Gasteiger partial charge is 0.261 e. The molecule has 6 heteroatoms. The Labute approximate surface area is 218 Å². The standard InChI is InChI=1S/C31H35FN2O3/c1-23-11-10-17-27(19-23)37-22-30(35)34(21-25-14-8-9-18-28(25)32)29(20-24-12-4-2-5-13-24)31(36)33-26-15-6-3-7-16-26/h2,4-5,8-14,17-19,26,29H,3,6-7,15-16,20-22H2,1H3,(H,33,36). The number of rotatable bonds is 10. The molecular formula is C31H35FN2O3. The van der Waals surface area contributed by atoms with Gasteiger partial charge < -0.3 is 15.0 Å². The van der Waals surface area contributed by atoms with Crippen LogP contribution in [-0.2, 0) is 22.6 Å². The zero-order valence-electron chi connectivity index (χ0n) is 21.4. The van der Waals surface area contributed by atoms with Gasteiger partial charge in [0.25, 0.3) is 5.91 Å². The molecule has 0 aliphatic heterocycles. The van der Waals surface area contributed by atoms with Crippen molar-refractivity contribution in [3.05, 3.63) is 101 Å². The van der Waals surface area contributed by atoms with Crippen LogP contribution in [0.4, 0.5) is 4.39 Å². The van der Waals surface area contributed by atoms with Crippen LogP contribution in [0.2, 0.25) is 0 Å². The van der Waals surface area contributed by atoms with Crippen molar-refractivity contribution < 1.29 is 18.7 Å². The number of aryl methyl sites for hydroxylation is 1. The van der Waals surface area contributed by atoms with Gasteiger partial charge >= 0.3 is 0 Å². The van der Waals surface area contributed by atoms with E-state index in [1.807, 2.05) is 55.5 Å². The summed E-state index contributed by atoms with van der Waals surface area (Å²) in [5.41, 5.74) is 2.30. The molecule has 4 rings (SSSR count). The molecule has 0 bridgehead atoms. The summed E-state index contributed by atoms with van der Waals surface area (Å²) >= 11 is 0. The lowest BCUT2D eigenvalue weighted by Crippen LogP contribution is -2.53. The molecular weight excluding hydrogens is 467 g/mol. The number of halogens is 1. The first-order valence-electron chi connectivity index (χ1n) is 13.1. The first-order valence-corrected chi connectivity index (χ1v) is 13.1. The van der Waals surface area contributed by atoms with Gasteiger partial charge in [-0.3, -0.25) is 9.59 Å². The number of hydrogen-bond donors (Lipinski definition) is 1.